The highest BCUT2D eigenvalue weighted by Gasteiger charge is 2.31. The number of piperidine rings is 1. The molecule has 2 aromatic rings. The Balaban J connectivity index is 2.03. The van der Waals surface area contributed by atoms with Crippen LogP contribution in [0.15, 0.2) is 33.8 Å². The van der Waals surface area contributed by atoms with Crippen LogP contribution in [-0.4, -0.2) is 16.3 Å². The zero-order valence-corrected chi connectivity index (χ0v) is 12.9. The summed E-state index contributed by atoms with van der Waals surface area (Å²) in [6.45, 7) is 3.07. The fraction of sp³-hybridized carbons (Fsp3) is 0.467. The van der Waals surface area contributed by atoms with Crippen LogP contribution in [0.25, 0.3) is 0 Å². The van der Waals surface area contributed by atoms with Crippen molar-refractivity contribution in [3.8, 4) is 0 Å². The first-order valence-corrected chi connectivity index (χ1v) is 7.47. The van der Waals surface area contributed by atoms with Gasteiger partial charge in [-0.3, -0.25) is 4.79 Å². The van der Waals surface area contributed by atoms with Gasteiger partial charge in [0.2, 0.25) is 0 Å². The molecule has 0 bridgehead atoms. The maximum Gasteiger partial charge on any atom is 0.287 e. The molecule has 2 aromatic heterocycles. The molecule has 21 heavy (non-hydrogen) atoms. The van der Waals surface area contributed by atoms with Gasteiger partial charge in [0.25, 0.3) is 5.56 Å². The molecule has 3 rings (SSSR count). The molecule has 0 aromatic carbocycles. The summed E-state index contributed by atoms with van der Waals surface area (Å²) in [5.74, 6) is 1.51. The summed E-state index contributed by atoms with van der Waals surface area (Å²) < 4.78 is 6.83. The van der Waals surface area contributed by atoms with Crippen molar-refractivity contribution in [1.82, 2.24) is 9.78 Å². The summed E-state index contributed by atoms with van der Waals surface area (Å²) in [6, 6.07) is 3.95. The first-order chi connectivity index (χ1) is 10.1. The van der Waals surface area contributed by atoms with Gasteiger partial charge in [0.15, 0.2) is 0 Å². The van der Waals surface area contributed by atoms with Crippen molar-refractivity contribution in [2.45, 2.75) is 25.8 Å². The molecule has 0 amide bonds. The number of halogens is 1. The van der Waals surface area contributed by atoms with Gasteiger partial charge in [-0.15, -0.1) is 0 Å². The third kappa shape index (κ3) is 2.58. The van der Waals surface area contributed by atoms with E-state index in [1.807, 2.05) is 12.1 Å². The largest absolute Gasteiger partial charge is 0.467 e. The molecule has 0 N–H and O–H groups in total. The number of aryl methyl sites for hydroxylation is 1. The van der Waals surface area contributed by atoms with Gasteiger partial charge >= 0.3 is 0 Å². The second-order valence-electron chi connectivity index (χ2n) is 5.63. The number of anilines is 1. The van der Waals surface area contributed by atoms with Gasteiger partial charge in [-0.2, -0.15) is 5.10 Å². The number of rotatable bonds is 2. The lowest BCUT2D eigenvalue weighted by molar-refractivity contribution is 0.328. The molecular formula is C15H18ClN3O2. The Labute approximate surface area is 128 Å². The number of hydrogen-bond donors (Lipinski definition) is 0. The Bertz CT molecular complexity index is 681. The lowest BCUT2D eigenvalue weighted by atomic mass is 9.91. The van der Waals surface area contributed by atoms with E-state index in [1.165, 1.54) is 4.68 Å². The molecular weight excluding hydrogens is 290 g/mol. The summed E-state index contributed by atoms with van der Waals surface area (Å²) in [5, 5.41) is 4.32. The summed E-state index contributed by atoms with van der Waals surface area (Å²) in [4.78, 5) is 14.1. The Morgan fingerprint density at radius 3 is 3.00 bits per heavy atom. The maximum atomic E-state index is 12.0. The molecule has 2 atom stereocenters. The van der Waals surface area contributed by atoms with Gasteiger partial charge in [0.05, 0.1) is 24.2 Å². The Morgan fingerprint density at radius 2 is 2.29 bits per heavy atom. The van der Waals surface area contributed by atoms with Crippen LogP contribution in [-0.2, 0) is 7.05 Å². The van der Waals surface area contributed by atoms with E-state index in [0.29, 0.717) is 11.6 Å². The number of furan rings is 1. The summed E-state index contributed by atoms with van der Waals surface area (Å²) in [5.41, 5.74) is 0.416. The van der Waals surface area contributed by atoms with Crippen molar-refractivity contribution in [3.05, 3.63) is 45.7 Å². The monoisotopic (exact) mass is 307 g/mol. The van der Waals surface area contributed by atoms with Crippen LogP contribution in [0.1, 0.15) is 31.6 Å². The number of aromatic nitrogens is 2. The second kappa shape index (κ2) is 5.56. The van der Waals surface area contributed by atoms with Crippen LogP contribution >= 0.6 is 11.6 Å². The first kappa shape index (κ1) is 14.2. The fourth-order valence-electron chi connectivity index (χ4n) is 2.88. The average Bonchev–Trinajstić information content (AvgIpc) is 3.00. The summed E-state index contributed by atoms with van der Waals surface area (Å²) >= 11 is 6.25. The van der Waals surface area contributed by atoms with Crippen LogP contribution in [0, 0.1) is 5.92 Å². The third-order valence-corrected chi connectivity index (χ3v) is 4.46. The van der Waals surface area contributed by atoms with Crippen molar-refractivity contribution >= 4 is 17.3 Å². The Morgan fingerprint density at radius 1 is 1.48 bits per heavy atom. The van der Waals surface area contributed by atoms with E-state index in [-0.39, 0.29) is 16.6 Å². The first-order valence-electron chi connectivity index (χ1n) is 7.09. The van der Waals surface area contributed by atoms with Gasteiger partial charge in [0.1, 0.15) is 10.8 Å². The molecule has 0 saturated carbocycles. The van der Waals surface area contributed by atoms with E-state index in [0.717, 1.165) is 25.1 Å². The lowest BCUT2D eigenvalue weighted by Gasteiger charge is -2.39. The van der Waals surface area contributed by atoms with Crippen LogP contribution in [0.2, 0.25) is 5.02 Å². The van der Waals surface area contributed by atoms with Crippen LogP contribution < -0.4 is 10.5 Å². The van der Waals surface area contributed by atoms with Gasteiger partial charge in [0, 0.05) is 13.6 Å². The van der Waals surface area contributed by atoms with E-state index in [1.54, 1.807) is 19.5 Å². The minimum absolute atomic E-state index is 0.0927. The van der Waals surface area contributed by atoms with E-state index < -0.39 is 0 Å². The minimum atomic E-state index is -0.272. The topological polar surface area (TPSA) is 51.3 Å². The van der Waals surface area contributed by atoms with Gasteiger partial charge in [-0.25, -0.2) is 4.68 Å². The van der Waals surface area contributed by atoms with Crippen molar-refractivity contribution in [1.29, 1.82) is 0 Å². The van der Waals surface area contributed by atoms with Crippen LogP contribution in [0.5, 0.6) is 0 Å². The van der Waals surface area contributed by atoms with Gasteiger partial charge < -0.3 is 9.32 Å². The van der Waals surface area contributed by atoms with Crippen molar-refractivity contribution in [2.75, 3.05) is 11.4 Å². The predicted octanol–water partition coefficient (Wildman–Crippen LogP) is 3.00. The highest BCUT2D eigenvalue weighted by Crippen LogP contribution is 2.38. The van der Waals surface area contributed by atoms with E-state index in [2.05, 4.69) is 16.9 Å². The van der Waals surface area contributed by atoms with Crippen LogP contribution in [0.3, 0.4) is 0 Å². The number of nitrogens with zero attached hydrogens (tertiary/aromatic N) is 3. The van der Waals surface area contributed by atoms with Gasteiger partial charge in [-0.1, -0.05) is 18.5 Å². The predicted molar refractivity (Wildman–Crippen MR) is 81.7 cm³/mol. The third-order valence-electron chi connectivity index (χ3n) is 4.11. The molecule has 6 heteroatoms. The molecule has 1 fully saturated rings. The average molecular weight is 308 g/mol. The molecule has 3 heterocycles. The van der Waals surface area contributed by atoms with Crippen molar-refractivity contribution in [2.24, 2.45) is 13.0 Å². The molecule has 0 radical (unpaired) electrons. The van der Waals surface area contributed by atoms with E-state index >= 15 is 0 Å². The summed E-state index contributed by atoms with van der Waals surface area (Å²) in [7, 11) is 1.60. The highest BCUT2D eigenvalue weighted by molar-refractivity contribution is 6.33. The van der Waals surface area contributed by atoms with Crippen molar-refractivity contribution < 1.29 is 4.42 Å². The quantitative estimate of drug-likeness (QED) is 0.856. The standard InChI is InChI=1S/C15H18ClN3O2/c1-10-5-6-19(11(8-10)13-4-3-7-21-13)12-9-17-18(2)15(20)14(12)16/h3-4,7,9-11H,5-6,8H2,1-2H3. The Kier molecular flexibility index (Phi) is 3.76. The normalized spacial score (nSPS) is 22.5. The lowest BCUT2D eigenvalue weighted by Crippen LogP contribution is -2.37. The Hall–Kier alpha value is -1.75. The highest BCUT2D eigenvalue weighted by atomic mass is 35.5. The molecule has 1 aliphatic rings. The zero-order valence-electron chi connectivity index (χ0n) is 12.1. The molecule has 5 nitrogen and oxygen atoms in total. The second-order valence-corrected chi connectivity index (χ2v) is 6.00. The van der Waals surface area contributed by atoms with Crippen LogP contribution in [0.4, 0.5) is 5.69 Å². The molecule has 0 aliphatic carbocycles. The fourth-order valence-corrected chi connectivity index (χ4v) is 3.16. The molecule has 1 aliphatic heterocycles. The van der Waals surface area contributed by atoms with Gasteiger partial charge in [-0.05, 0) is 30.9 Å². The number of hydrogen-bond acceptors (Lipinski definition) is 4. The molecule has 112 valence electrons. The SMILES string of the molecule is CC1CCN(c2cnn(C)c(=O)c2Cl)C(c2ccco2)C1. The molecule has 1 saturated heterocycles. The molecule has 0 spiro atoms. The van der Waals surface area contributed by atoms with Crippen molar-refractivity contribution in [3.63, 3.8) is 0 Å². The minimum Gasteiger partial charge on any atom is -0.467 e. The van der Waals surface area contributed by atoms with E-state index in [9.17, 15) is 4.79 Å². The molecule has 2 unspecified atom stereocenters. The maximum absolute atomic E-state index is 12.0. The van der Waals surface area contributed by atoms with E-state index in [4.69, 9.17) is 16.0 Å². The summed E-state index contributed by atoms with van der Waals surface area (Å²) in [6.07, 6.45) is 5.37. The smallest absolute Gasteiger partial charge is 0.287 e. The zero-order chi connectivity index (χ0) is 15.0.